The number of carboxylic acid groups (broad SMARTS) is 1. The number of carbonyl (C=O) groups is 1. The van der Waals surface area contributed by atoms with Crippen molar-refractivity contribution in [2.24, 2.45) is 0 Å². The van der Waals surface area contributed by atoms with Crippen molar-refractivity contribution in [3.8, 4) is 0 Å². The van der Waals surface area contributed by atoms with Crippen LogP contribution in [-0.2, 0) is 4.74 Å². The maximum Gasteiger partial charge on any atom is 0.338 e. The maximum absolute atomic E-state index is 11.3. The molecule has 104 valence electrons. The molecule has 5 nitrogen and oxygen atoms in total. The van der Waals surface area contributed by atoms with Crippen LogP contribution in [0.25, 0.3) is 0 Å². The maximum atomic E-state index is 11.3. The molecule has 1 aromatic rings. The van der Waals surface area contributed by atoms with E-state index in [0.717, 1.165) is 23.5 Å². The van der Waals surface area contributed by atoms with Crippen molar-refractivity contribution < 1.29 is 14.6 Å². The zero-order valence-corrected chi connectivity index (χ0v) is 12.5. The Morgan fingerprint density at radius 1 is 1.42 bits per heavy atom. The Hall–Kier alpha value is -1.18. The lowest BCUT2D eigenvalue weighted by atomic mass is 10.1. The molecule has 1 saturated heterocycles. The molecule has 2 N–H and O–H groups in total. The predicted molar refractivity (Wildman–Crippen MR) is 79.4 cm³/mol. The smallest absolute Gasteiger partial charge is 0.338 e. The number of hydrogen-bond acceptors (Lipinski definition) is 4. The van der Waals surface area contributed by atoms with E-state index >= 15 is 0 Å². The lowest BCUT2D eigenvalue weighted by Gasteiger charge is -2.29. The van der Waals surface area contributed by atoms with Gasteiger partial charge in [0, 0.05) is 18.0 Å². The first-order chi connectivity index (χ1) is 9.00. The van der Waals surface area contributed by atoms with Gasteiger partial charge in [-0.1, -0.05) is 0 Å². The summed E-state index contributed by atoms with van der Waals surface area (Å²) in [5.41, 5.74) is 1.11. The highest BCUT2D eigenvalue weighted by Crippen LogP contribution is 2.32. The first kappa shape index (κ1) is 14.2. The first-order valence-electron chi connectivity index (χ1n) is 5.97. The number of ether oxygens (including phenoxy) is 1. The topological polar surface area (TPSA) is 61.8 Å². The molecule has 2 rings (SSSR count). The van der Waals surface area contributed by atoms with Crippen molar-refractivity contribution in [2.75, 3.05) is 31.6 Å². The first-order valence-corrected chi connectivity index (χ1v) is 7.20. The van der Waals surface area contributed by atoms with Crippen LogP contribution in [0.2, 0.25) is 0 Å². The van der Waals surface area contributed by atoms with E-state index in [9.17, 15) is 9.90 Å². The number of hydrogen-bond donors (Lipinski definition) is 2. The number of nitrogens with one attached hydrogen (secondary N) is 1. The molecule has 19 heavy (non-hydrogen) atoms. The molecular weight excluding hydrogens is 284 g/mol. The van der Waals surface area contributed by atoms with E-state index in [1.165, 1.54) is 11.3 Å². The number of aromatic carboxylic acids is 1. The Kier molecular flexibility index (Phi) is 4.38. The Labute approximate surface area is 121 Å². The fraction of sp³-hybridized carbons (Fsp3) is 0.500. The van der Waals surface area contributed by atoms with E-state index in [1.807, 2.05) is 18.7 Å². The summed E-state index contributed by atoms with van der Waals surface area (Å²) >= 11 is 6.75. The molecule has 1 aromatic heterocycles. The van der Waals surface area contributed by atoms with E-state index < -0.39 is 5.97 Å². The quantitative estimate of drug-likeness (QED) is 0.816. The van der Waals surface area contributed by atoms with E-state index in [2.05, 4.69) is 5.32 Å². The van der Waals surface area contributed by atoms with Crippen molar-refractivity contribution in [3.63, 3.8) is 0 Å². The monoisotopic (exact) mass is 300 g/mol. The van der Waals surface area contributed by atoms with Crippen molar-refractivity contribution in [3.05, 3.63) is 16.0 Å². The predicted octanol–water partition coefficient (Wildman–Crippen LogP) is 2.09. The molecule has 0 spiro atoms. The van der Waals surface area contributed by atoms with Crippen LogP contribution < -0.4 is 5.32 Å². The Morgan fingerprint density at radius 3 is 2.63 bits per heavy atom. The van der Waals surface area contributed by atoms with Gasteiger partial charge in [-0.2, -0.15) is 0 Å². The van der Waals surface area contributed by atoms with Gasteiger partial charge in [-0.15, -0.1) is 11.3 Å². The average Bonchev–Trinajstić information content (AvgIpc) is 2.65. The molecule has 1 aliphatic rings. The number of aryl methyl sites for hydroxylation is 1. The van der Waals surface area contributed by atoms with Gasteiger partial charge in [-0.25, -0.2) is 4.79 Å². The van der Waals surface area contributed by atoms with Gasteiger partial charge in [0.05, 0.1) is 18.8 Å². The van der Waals surface area contributed by atoms with Crippen LogP contribution in [-0.4, -0.2) is 47.4 Å². The summed E-state index contributed by atoms with van der Waals surface area (Å²) in [7, 11) is 0. The average molecular weight is 300 g/mol. The molecule has 0 saturated carbocycles. The Bertz CT molecular complexity index is 507. The molecule has 1 aliphatic heterocycles. The van der Waals surface area contributed by atoms with Gasteiger partial charge >= 0.3 is 5.97 Å². The van der Waals surface area contributed by atoms with Crippen LogP contribution in [0, 0.1) is 13.8 Å². The van der Waals surface area contributed by atoms with Crippen LogP contribution in [0.15, 0.2) is 0 Å². The summed E-state index contributed by atoms with van der Waals surface area (Å²) in [4.78, 5) is 14.3. The Morgan fingerprint density at radius 2 is 2.05 bits per heavy atom. The summed E-state index contributed by atoms with van der Waals surface area (Å²) in [6, 6.07) is 0. The number of morpholine rings is 1. The number of carboxylic acids is 1. The van der Waals surface area contributed by atoms with Gasteiger partial charge in [-0.05, 0) is 31.6 Å². The van der Waals surface area contributed by atoms with E-state index in [1.54, 1.807) is 0 Å². The standard InChI is InChI=1S/C12H16N2O3S2/c1-7-8(2)19-10(9(7)11(15)16)13-12(18)14-3-5-17-6-4-14/h3-6H2,1-2H3,(H,13,18)(H,15,16). The van der Waals surface area contributed by atoms with Gasteiger partial charge in [0.25, 0.3) is 0 Å². The second kappa shape index (κ2) is 5.85. The third-order valence-electron chi connectivity index (χ3n) is 3.12. The van der Waals surface area contributed by atoms with Crippen LogP contribution >= 0.6 is 23.6 Å². The van der Waals surface area contributed by atoms with E-state index in [4.69, 9.17) is 17.0 Å². The van der Waals surface area contributed by atoms with Gasteiger partial charge in [-0.3, -0.25) is 0 Å². The molecule has 0 atom stereocenters. The van der Waals surface area contributed by atoms with Gasteiger partial charge in [0.1, 0.15) is 5.00 Å². The van der Waals surface area contributed by atoms with Crippen LogP contribution in [0.3, 0.4) is 0 Å². The summed E-state index contributed by atoms with van der Waals surface area (Å²) < 4.78 is 5.26. The van der Waals surface area contributed by atoms with Crippen molar-refractivity contribution in [1.82, 2.24) is 4.90 Å². The number of thiophene rings is 1. The number of thiocarbonyl (C=S) groups is 1. The second-order valence-corrected chi connectivity index (χ2v) is 5.93. The zero-order valence-electron chi connectivity index (χ0n) is 10.9. The zero-order chi connectivity index (χ0) is 14.0. The fourth-order valence-electron chi connectivity index (χ4n) is 1.92. The lowest BCUT2D eigenvalue weighted by molar-refractivity contribution is 0.0687. The summed E-state index contributed by atoms with van der Waals surface area (Å²) in [5, 5.41) is 13.5. The van der Waals surface area contributed by atoms with Gasteiger partial charge in [0.15, 0.2) is 5.11 Å². The molecule has 2 heterocycles. The molecule has 0 aliphatic carbocycles. The molecule has 0 aromatic carbocycles. The van der Waals surface area contributed by atoms with Crippen LogP contribution in [0.5, 0.6) is 0 Å². The van der Waals surface area contributed by atoms with Gasteiger partial charge in [0.2, 0.25) is 0 Å². The minimum absolute atomic E-state index is 0.318. The van der Waals surface area contributed by atoms with Crippen LogP contribution in [0.1, 0.15) is 20.8 Å². The highest BCUT2D eigenvalue weighted by Gasteiger charge is 2.21. The number of nitrogens with zero attached hydrogens (tertiary/aromatic N) is 1. The van der Waals surface area contributed by atoms with Crippen molar-refractivity contribution in [1.29, 1.82) is 0 Å². The van der Waals surface area contributed by atoms with Crippen molar-refractivity contribution >= 4 is 39.6 Å². The van der Waals surface area contributed by atoms with E-state index in [-0.39, 0.29) is 0 Å². The molecule has 0 unspecified atom stereocenters. The normalized spacial score (nSPS) is 15.4. The van der Waals surface area contributed by atoms with E-state index in [0.29, 0.717) is 28.9 Å². The second-order valence-electron chi connectivity index (χ2n) is 4.32. The third-order valence-corrected chi connectivity index (χ3v) is 4.60. The van der Waals surface area contributed by atoms with Gasteiger partial charge < -0.3 is 20.1 Å². The third kappa shape index (κ3) is 3.05. The summed E-state index contributed by atoms with van der Waals surface area (Å²) in [6.07, 6.45) is 0. The molecule has 0 amide bonds. The fourth-order valence-corrected chi connectivity index (χ4v) is 3.32. The molecule has 1 fully saturated rings. The highest BCUT2D eigenvalue weighted by atomic mass is 32.1. The molecule has 0 bridgehead atoms. The van der Waals surface area contributed by atoms with Crippen molar-refractivity contribution in [2.45, 2.75) is 13.8 Å². The number of rotatable bonds is 2. The minimum atomic E-state index is -0.922. The molecular formula is C12H16N2O3S2. The summed E-state index contributed by atoms with van der Waals surface area (Å²) in [6.45, 7) is 6.50. The molecule has 0 radical (unpaired) electrons. The summed E-state index contributed by atoms with van der Waals surface area (Å²) in [5.74, 6) is -0.922. The van der Waals surface area contributed by atoms with Crippen LogP contribution in [0.4, 0.5) is 5.00 Å². The SMILES string of the molecule is Cc1sc(NC(=S)N2CCOCC2)c(C(=O)O)c1C. The molecule has 7 heteroatoms. The largest absolute Gasteiger partial charge is 0.478 e. The minimum Gasteiger partial charge on any atom is -0.478 e. The Balaban J connectivity index is 2.16. The number of anilines is 1. The highest BCUT2D eigenvalue weighted by molar-refractivity contribution is 7.80. The lowest BCUT2D eigenvalue weighted by Crippen LogP contribution is -2.42.